The average molecular weight is 232 g/mol. The zero-order chi connectivity index (χ0) is 11.6. The van der Waals surface area contributed by atoms with Crippen molar-refractivity contribution in [1.29, 1.82) is 0 Å². The van der Waals surface area contributed by atoms with Crippen LogP contribution in [0.2, 0.25) is 0 Å². The van der Waals surface area contributed by atoms with Gasteiger partial charge < -0.3 is 5.32 Å². The molecule has 1 rings (SSSR count). The van der Waals surface area contributed by atoms with Crippen LogP contribution in [0.15, 0.2) is 11.1 Å². The summed E-state index contributed by atoms with van der Waals surface area (Å²) < 4.78 is 23.6. The van der Waals surface area contributed by atoms with Gasteiger partial charge in [-0.25, -0.2) is 13.6 Å². The monoisotopic (exact) mass is 232 g/mol. The normalized spacial score (nSPS) is 11.4. The van der Waals surface area contributed by atoms with Gasteiger partial charge in [-0.15, -0.1) is 0 Å². The van der Waals surface area contributed by atoms with E-state index in [1.807, 2.05) is 0 Å². The molecular formula is C7H12N4O3S. The zero-order valence-corrected chi connectivity index (χ0v) is 9.21. The Kier molecular flexibility index (Phi) is 3.10. The lowest BCUT2D eigenvalue weighted by Gasteiger charge is -2.05. The first kappa shape index (κ1) is 11.7. The van der Waals surface area contributed by atoms with E-state index in [9.17, 15) is 13.2 Å². The topological polar surface area (TPSA) is 107 Å². The van der Waals surface area contributed by atoms with E-state index < -0.39 is 10.0 Å². The second-order valence-corrected chi connectivity index (χ2v) is 4.56. The van der Waals surface area contributed by atoms with Crippen molar-refractivity contribution in [3.8, 4) is 0 Å². The molecule has 0 atom stereocenters. The Morgan fingerprint density at radius 1 is 1.67 bits per heavy atom. The molecule has 0 radical (unpaired) electrons. The minimum atomic E-state index is -3.80. The van der Waals surface area contributed by atoms with Crippen LogP contribution in [0.4, 0.5) is 0 Å². The molecule has 0 bridgehead atoms. The van der Waals surface area contributed by atoms with Gasteiger partial charge in [0.1, 0.15) is 4.90 Å². The van der Waals surface area contributed by atoms with E-state index in [-0.39, 0.29) is 17.3 Å². The minimum absolute atomic E-state index is 0.0706. The number of amides is 1. The number of rotatable bonds is 3. The molecule has 15 heavy (non-hydrogen) atoms. The number of hydrogen-bond acceptors (Lipinski definition) is 4. The summed E-state index contributed by atoms with van der Waals surface area (Å²) in [5.41, 5.74) is 0.354. The lowest BCUT2D eigenvalue weighted by atomic mass is 10.4. The number of carbonyl (C=O) groups excluding carboxylic acids is 1. The van der Waals surface area contributed by atoms with Gasteiger partial charge in [-0.3, -0.25) is 9.48 Å². The van der Waals surface area contributed by atoms with Gasteiger partial charge in [-0.05, 0) is 0 Å². The van der Waals surface area contributed by atoms with Crippen LogP contribution in [0.25, 0.3) is 0 Å². The van der Waals surface area contributed by atoms with Crippen molar-refractivity contribution in [2.75, 3.05) is 0 Å². The van der Waals surface area contributed by atoms with E-state index in [1.165, 1.54) is 11.6 Å². The number of sulfonamides is 1. The third kappa shape index (κ3) is 2.77. The fourth-order valence-corrected chi connectivity index (χ4v) is 1.82. The Morgan fingerprint density at radius 2 is 2.27 bits per heavy atom. The quantitative estimate of drug-likeness (QED) is 0.675. The molecule has 0 fully saturated rings. The molecule has 1 aromatic heterocycles. The Balaban J connectivity index is 3.05. The van der Waals surface area contributed by atoms with E-state index in [0.717, 1.165) is 6.20 Å². The van der Waals surface area contributed by atoms with Gasteiger partial charge in [0, 0.05) is 14.0 Å². The summed E-state index contributed by atoms with van der Waals surface area (Å²) in [5.74, 6) is -0.253. The SMILES string of the molecule is CC(=O)NCc1c(S(N)(=O)=O)cnn1C. The maximum Gasteiger partial charge on any atom is 0.241 e. The van der Waals surface area contributed by atoms with Crippen molar-refractivity contribution >= 4 is 15.9 Å². The number of carbonyl (C=O) groups is 1. The Labute approximate surface area is 87.3 Å². The molecule has 0 aliphatic heterocycles. The minimum Gasteiger partial charge on any atom is -0.351 e. The molecule has 0 aromatic carbocycles. The van der Waals surface area contributed by atoms with Crippen molar-refractivity contribution in [2.45, 2.75) is 18.4 Å². The van der Waals surface area contributed by atoms with Crippen LogP contribution in [-0.2, 0) is 28.4 Å². The lowest BCUT2D eigenvalue weighted by molar-refractivity contribution is -0.119. The summed E-state index contributed by atoms with van der Waals surface area (Å²) in [5, 5.41) is 11.2. The summed E-state index contributed by atoms with van der Waals surface area (Å²) in [6, 6.07) is 0. The Hall–Kier alpha value is -1.41. The molecule has 1 aromatic rings. The second-order valence-electron chi connectivity index (χ2n) is 3.03. The van der Waals surface area contributed by atoms with Crippen LogP contribution in [0, 0.1) is 0 Å². The second kappa shape index (κ2) is 3.99. The first-order chi connectivity index (χ1) is 6.82. The molecule has 0 unspecified atom stereocenters. The molecular weight excluding hydrogens is 220 g/mol. The van der Waals surface area contributed by atoms with Gasteiger partial charge in [0.2, 0.25) is 15.9 Å². The Bertz CT molecular complexity index is 476. The van der Waals surface area contributed by atoms with Crippen molar-refractivity contribution in [3.05, 3.63) is 11.9 Å². The molecule has 1 heterocycles. The average Bonchev–Trinajstić information content (AvgIpc) is 2.42. The summed E-state index contributed by atoms with van der Waals surface area (Å²) in [7, 11) is -2.22. The van der Waals surface area contributed by atoms with Gasteiger partial charge >= 0.3 is 0 Å². The number of nitrogens with two attached hydrogens (primary N) is 1. The van der Waals surface area contributed by atoms with E-state index >= 15 is 0 Å². The van der Waals surface area contributed by atoms with Gasteiger partial charge in [0.15, 0.2) is 0 Å². The Morgan fingerprint density at radius 3 is 2.73 bits per heavy atom. The molecule has 1 amide bonds. The van der Waals surface area contributed by atoms with Crippen LogP contribution in [0.1, 0.15) is 12.6 Å². The number of nitrogens with one attached hydrogen (secondary N) is 1. The molecule has 8 heteroatoms. The molecule has 3 N–H and O–H groups in total. The van der Waals surface area contributed by atoms with Gasteiger partial charge in [-0.1, -0.05) is 0 Å². The first-order valence-corrected chi connectivity index (χ1v) is 5.65. The number of aromatic nitrogens is 2. The highest BCUT2D eigenvalue weighted by molar-refractivity contribution is 7.89. The van der Waals surface area contributed by atoms with Gasteiger partial charge in [0.05, 0.1) is 18.4 Å². The van der Waals surface area contributed by atoms with Crippen LogP contribution in [0.5, 0.6) is 0 Å². The molecule has 7 nitrogen and oxygen atoms in total. The number of hydrogen-bond donors (Lipinski definition) is 2. The summed E-state index contributed by atoms with van der Waals surface area (Å²) in [4.78, 5) is 10.6. The molecule has 0 aliphatic rings. The predicted octanol–water partition coefficient (Wildman–Crippen LogP) is -1.30. The maximum absolute atomic E-state index is 11.1. The fraction of sp³-hybridized carbons (Fsp3) is 0.429. The number of nitrogens with zero attached hydrogens (tertiary/aromatic N) is 2. The third-order valence-electron chi connectivity index (χ3n) is 1.83. The molecule has 0 spiro atoms. The predicted molar refractivity (Wildman–Crippen MR) is 52.1 cm³/mol. The molecule has 0 aliphatic carbocycles. The van der Waals surface area contributed by atoms with Crippen molar-refractivity contribution in [2.24, 2.45) is 12.2 Å². The van der Waals surface area contributed by atoms with E-state index in [0.29, 0.717) is 5.69 Å². The first-order valence-electron chi connectivity index (χ1n) is 4.10. The van der Waals surface area contributed by atoms with Crippen molar-refractivity contribution in [3.63, 3.8) is 0 Å². The standard InChI is InChI=1S/C7H12N4O3S/c1-5(12)9-3-6-7(15(8,13)14)4-10-11(6)2/h4H,3H2,1-2H3,(H,9,12)(H2,8,13,14). The van der Waals surface area contributed by atoms with Gasteiger partial charge in [-0.2, -0.15) is 5.10 Å². The number of aryl methyl sites for hydroxylation is 1. The van der Waals surface area contributed by atoms with Crippen molar-refractivity contribution in [1.82, 2.24) is 15.1 Å². The summed E-state index contributed by atoms with van der Waals surface area (Å²) >= 11 is 0. The highest BCUT2D eigenvalue weighted by Crippen LogP contribution is 2.12. The largest absolute Gasteiger partial charge is 0.351 e. The van der Waals surface area contributed by atoms with Crippen LogP contribution in [-0.4, -0.2) is 24.1 Å². The molecule has 84 valence electrons. The van der Waals surface area contributed by atoms with E-state index in [1.54, 1.807) is 7.05 Å². The van der Waals surface area contributed by atoms with Crippen LogP contribution in [0.3, 0.4) is 0 Å². The van der Waals surface area contributed by atoms with E-state index in [4.69, 9.17) is 5.14 Å². The summed E-state index contributed by atoms with van der Waals surface area (Å²) in [6.07, 6.45) is 1.16. The molecule has 0 saturated carbocycles. The highest BCUT2D eigenvalue weighted by atomic mass is 32.2. The maximum atomic E-state index is 11.1. The highest BCUT2D eigenvalue weighted by Gasteiger charge is 2.18. The third-order valence-corrected chi connectivity index (χ3v) is 2.79. The van der Waals surface area contributed by atoms with Crippen molar-refractivity contribution < 1.29 is 13.2 Å². The fourth-order valence-electron chi connectivity index (χ4n) is 1.09. The molecule has 0 saturated heterocycles. The zero-order valence-electron chi connectivity index (χ0n) is 8.39. The smallest absolute Gasteiger partial charge is 0.241 e. The van der Waals surface area contributed by atoms with Gasteiger partial charge in [0.25, 0.3) is 0 Å². The van der Waals surface area contributed by atoms with Crippen LogP contribution >= 0.6 is 0 Å². The lowest BCUT2D eigenvalue weighted by Crippen LogP contribution is -2.23. The van der Waals surface area contributed by atoms with Crippen LogP contribution < -0.4 is 10.5 Å². The summed E-state index contributed by atoms with van der Waals surface area (Å²) in [6.45, 7) is 1.42. The number of primary sulfonamides is 1. The van der Waals surface area contributed by atoms with E-state index in [2.05, 4.69) is 10.4 Å².